The van der Waals surface area contributed by atoms with Crippen LogP contribution < -0.4 is 5.32 Å². The molecule has 2 rings (SSSR count). The fourth-order valence-electron chi connectivity index (χ4n) is 2.33. The molecule has 0 aliphatic rings. The van der Waals surface area contributed by atoms with Gasteiger partial charge in [0.2, 0.25) is 0 Å². The van der Waals surface area contributed by atoms with E-state index < -0.39 is 0 Å². The molecule has 4 nitrogen and oxygen atoms in total. The number of aromatic nitrogens is 3. The summed E-state index contributed by atoms with van der Waals surface area (Å²) in [7, 11) is 0. The van der Waals surface area contributed by atoms with Crippen molar-refractivity contribution < 1.29 is 0 Å². The Balaban J connectivity index is 1.76. The molecule has 0 aliphatic heterocycles. The molecule has 0 saturated carbocycles. The molecule has 4 heteroatoms. The van der Waals surface area contributed by atoms with E-state index in [1.165, 1.54) is 24.8 Å². The van der Waals surface area contributed by atoms with Gasteiger partial charge in [-0.3, -0.25) is 0 Å². The lowest BCUT2D eigenvalue weighted by Crippen LogP contribution is -2.25. The van der Waals surface area contributed by atoms with Gasteiger partial charge in [0.25, 0.3) is 0 Å². The molecule has 1 heterocycles. The van der Waals surface area contributed by atoms with Crippen molar-refractivity contribution in [2.45, 2.75) is 52.6 Å². The summed E-state index contributed by atoms with van der Waals surface area (Å²) in [5, 5.41) is 7.72. The van der Waals surface area contributed by atoms with Crippen molar-refractivity contribution in [1.29, 1.82) is 0 Å². The monoisotopic (exact) mass is 286 g/mol. The quantitative estimate of drug-likeness (QED) is 0.806. The normalized spacial score (nSPS) is 12.8. The Kier molecular flexibility index (Phi) is 5.93. The van der Waals surface area contributed by atoms with E-state index in [4.69, 9.17) is 0 Å². The third kappa shape index (κ3) is 5.31. The summed E-state index contributed by atoms with van der Waals surface area (Å²) in [5.74, 6) is 0.807. The molecule has 0 spiro atoms. The second-order valence-electron chi connectivity index (χ2n) is 6.11. The van der Waals surface area contributed by atoms with E-state index in [0.29, 0.717) is 6.04 Å². The molecule has 1 N–H and O–H groups in total. The maximum Gasteiger partial charge on any atom is 0.138 e. The highest BCUT2D eigenvalue weighted by Crippen LogP contribution is 2.10. The molecule has 0 saturated heterocycles. The second kappa shape index (κ2) is 7.93. The summed E-state index contributed by atoms with van der Waals surface area (Å²) >= 11 is 0. The van der Waals surface area contributed by atoms with Crippen LogP contribution in [-0.2, 0) is 6.54 Å². The molecular formula is C17H26N4. The highest BCUT2D eigenvalue weighted by Gasteiger charge is 2.03. The highest BCUT2D eigenvalue weighted by molar-refractivity contribution is 5.33. The van der Waals surface area contributed by atoms with E-state index in [2.05, 4.69) is 60.4 Å². The van der Waals surface area contributed by atoms with Crippen LogP contribution in [0.5, 0.6) is 0 Å². The minimum atomic E-state index is 0.568. The standard InChI is InChI=1S/C17H26N4/c1-14(2)5-4-6-15(3)19-11-16-7-9-17(10-8-16)21-13-18-12-20-21/h7-10,12-15,19H,4-6,11H2,1-3H3. The molecule has 1 aromatic heterocycles. The van der Waals surface area contributed by atoms with Crippen molar-refractivity contribution in [2.75, 3.05) is 0 Å². The maximum absolute atomic E-state index is 4.13. The van der Waals surface area contributed by atoms with Gasteiger partial charge in [0.15, 0.2) is 0 Å². The van der Waals surface area contributed by atoms with Crippen LogP contribution in [0.4, 0.5) is 0 Å². The zero-order valence-electron chi connectivity index (χ0n) is 13.3. The fraction of sp³-hybridized carbons (Fsp3) is 0.529. The first-order valence-electron chi connectivity index (χ1n) is 7.82. The van der Waals surface area contributed by atoms with Gasteiger partial charge in [-0.25, -0.2) is 9.67 Å². The summed E-state index contributed by atoms with van der Waals surface area (Å²) in [5.41, 5.74) is 2.34. The van der Waals surface area contributed by atoms with Crippen molar-refractivity contribution in [1.82, 2.24) is 20.1 Å². The van der Waals surface area contributed by atoms with Gasteiger partial charge in [0.05, 0.1) is 5.69 Å². The van der Waals surface area contributed by atoms with Gasteiger partial charge < -0.3 is 5.32 Å². The Bertz CT molecular complexity index is 502. The molecular weight excluding hydrogens is 260 g/mol. The Hall–Kier alpha value is -1.68. The molecule has 0 fully saturated rings. The lowest BCUT2D eigenvalue weighted by Gasteiger charge is -2.14. The van der Waals surface area contributed by atoms with E-state index in [-0.39, 0.29) is 0 Å². The van der Waals surface area contributed by atoms with E-state index in [1.54, 1.807) is 17.3 Å². The topological polar surface area (TPSA) is 42.7 Å². The molecule has 1 aromatic carbocycles. The average molecular weight is 286 g/mol. The Morgan fingerprint density at radius 1 is 1.10 bits per heavy atom. The Labute approximate surface area is 127 Å². The predicted molar refractivity (Wildman–Crippen MR) is 86.3 cm³/mol. The molecule has 21 heavy (non-hydrogen) atoms. The number of nitrogens with one attached hydrogen (secondary N) is 1. The van der Waals surface area contributed by atoms with Crippen LogP contribution in [0.3, 0.4) is 0 Å². The number of benzene rings is 1. The summed E-state index contributed by atoms with van der Waals surface area (Å²) in [4.78, 5) is 3.96. The first kappa shape index (κ1) is 15.7. The number of nitrogens with zero attached hydrogens (tertiary/aromatic N) is 3. The third-order valence-corrected chi connectivity index (χ3v) is 3.69. The van der Waals surface area contributed by atoms with Crippen LogP contribution in [0.2, 0.25) is 0 Å². The van der Waals surface area contributed by atoms with Crippen LogP contribution in [0.1, 0.15) is 45.6 Å². The zero-order valence-corrected chi connectivity index (χ0v) is 13.3. The number of hydrogen-bond donors (Lipinski definition) is 1. The second-order valence-corrected chi connectivity index (χ2v) is 6.11. The largest absolute Gasteiger partial charge is 0.310 e. The first-order chi connectivity index (χ1) is 10.1. The summed E-state index contributed by atoms with van der Waals surface area (Å²) in [6.07, 6.45) is 7.13. The van der Waals surface area contributed by atoms with Gasteiger partial charge in [-0.1, -0.05) is 38.8 Å². The molecule has 0 amide bonds. The van der Waals surface area contributed by atoms with Crippen molar-refractivity contribution in [3.8, 4) is 5.69 Å². The highest BCUT2D eigenvalue weighted by atomic mass is 15.3. The van der Waals surface area contributed by atoms with Gasteiger partial charge >= 0.3 is 0 Å². The molecule has 0 aliphatic carbocycles. The van der Waals surface area contributed by atoms with Crippen LogP contribution >= 0.6 is 0 Å². The third-order valence-electron chi connectivity index (χ3n) is 3.69. The van der Waals surface area contributed by atoms with Gasteiger partial charge in [-0.2, -0.15) is 5.10 Å². The van der Waals surface area contributed by atoms with Crippen molar-refractivity contribution in [2.24, 2.45) is 5.92 Å². The van der Waals surface area contributed by atoms with E-state index in [1.807, 2.05) is 0 Å². The number of rotatable bonds is 8. The lowest BCUT2D eigenvalue weighted by atomic mass is 10.0. The lowest BCUT2D eigenvalue weighted by molar-refractivity contribution is 0.457. The summed E-state index contributed by atoms with van der Waals surface area (Å²) in [6, 6.07) is 9.01. The van der Waals surface area contributed by atoms with Crippen molar-refractivity contribution in [3.63, 3.8) is 0 Å². The first-order valence-corrected chi connectivity index (χ1v) is 7.82. The SMILES string of the molecule is CC(C)CCCC(C)NCc1ccc(-n2cncn2)cc1. The molecule has 0 bridgehead atoms. The molecule has 1 unspecified atom stereocenters. The van der Waals surface area contributed by atoms with E-state index in [9.17, 15) is 0 Å². The van der Waals surface area contributed by atoms with Crippen LogP contribution in [-0.4, -0.2) is 20.8 Å². The van der Waals surface area contributed by atoms with Crippen LogP contribution in [0.25, 0.3) is 5.69 Å². The maximum atomic E-state index is 4.13. The summed E-state index contributed by atoms with van der Waals surface area (Å²) < 4.78 is 1.77. The van der Waals surface area contributed by atoms with E-state index >= 15 is 0 Å². The Morgan fingerprint density at radius 3 is 2.48 bits per heavy atom. The van der Waals surface area contributed by atoms with Gasteiger partial charge in [-0.15, -0.1) is 0 Å². The smallest absolute Gasteiger partial charge is 0.138 e. The van der Waals surface area contributed by atoms with Gasteiger partial charge in [0.1, 0.15) is 12.7 Å². The predicted octanol–water partition coefficient (Wildman–Crippen LogP) is 3.57. The van der Waals surface area contributed by atoms with Crippen LogP contribution in [0, 0.1) is 5.92 Å². The fourth-order valence-corrected chi connectivity index (χ4v) is 2.33. The van der Waals surface area contributed by atoms with Gasteiger partial charge in [0, 0.05) is 12.6 Å². The molecule has 114 valence electrons. The molecule has 2 aromatic rings. The van der Waals surface area contributed by atoms with E-state index in [0.717, 1.165) is 18.2 Å². The minimum absolute atomic E-state index is 0.568. The Morgan fingerprint density at radius 2 is 1.86 bits per heavy atom. The molecule has 0 radical (unpaired) electrons. The van der Waals surface area contributed by atoms with Crippen LogP contribution in [0.15, 0.2) is 36.9 Å². The molecule has 1 atom stereocenters. The zero-order chi connectivity index (χ0) is 15.1. The van der Waals surface area contributed by atoms with Gasteiger partial charge in [-0.05, 0) is 37.0 Å². The average Bonchev–Trinajstić information content (AvgIpc) is 2.99. The van der Waals surface area contributed by atoms with Crippen molar-refractivity contribution in [3.05, 3.63) is 42.5 Å². The number of hydrogen-bond acceptors (Lipinski definition) is 3. The summed E-state index contributed by atoms with van der Waals surface area (Å²) in [6.45, 7) is 7.76. The van der Waals surface area contributed by atoms with Crippen molar-refractivity contribution >= 4 is 0 Å². The minimum Gasteiger partial charge on any atom is -0.310 e.